The monoisotopic (exact) mass is 275 g/mol. The number of hydrogen-bond donors (Lipinski definition) is 1. The number of fused-ring (bicyclic) bond motifs is 1. The molecule has 2 N–H and O–H groups in total. The second kappa shape index (κ2) is 5.43. The highest BCUT2D eigenvalue weighted by atomic mass is 32.1. The predicted molar refractivity (Wildman–Crippen MR) is 79.9 cm³/mol. The van der Waals surface area contributed by atoms with Gasteiger partial charge in [0.1, 0.15) is 5.82 Å². The van der Waals surface area contributed by atoms with E-state index in [-0.39, 0.29) is 11.9 Å². The van der Waals surface area contributed by atoms with E-state index in [1.54, 1.807) is 17.4 Å². The Morgan fingerprint density at radius 1 is 1.16 bits per heavy atom. The first-order valence-electron chi connectivity index (χ1n) is 6.87. The molecule has 1 aromatic carbocycles. The van der Waals surface area contributed by atoms with Gasteiger partial charge >= 0.3 is 0 Å². The minimum Gasteiger partial charge on any atom is -0.320 e. The second-order valence-corrected chi connectivity index (χ2v) is 6.30. The van der Waals surface area contributed by atoms with Crippen LogP contribution in [0.4, 0.5) is 4.39 Å². The third kappa shape index (κ3) is 2.72. The Hall–Kier alpha value is -1.19. The van der Waals surface area contributed by atoms with Crippen molar-refractivity contribution in [2.75, 3.05) is 0 Å². The van der Waals surface area contributed by atoms with Crippen molar-refractivity contribution in [3.8, 4) is 0 Å². The van der Waals surface area contributed by atoms with Crippen molar-refractivity contribution in [1.29, 1.82) is 0 Å². The average molecular weight is 275 g/mol. The van der Waals surface area contributed by atoms with Crippen LogP contribution >= 0.6 is 11.3 Å². The number of nitrogens with two attached hydrogens (primary N) is 1. The van der Waals surface area contributed by atoms with Gasteiger partial charge in [0, 0.05) is 9.58 Å². The van der Waals surface area contributed by atoms with Crippen LogP contribution in [0.25, 0.3) is 10.1 Å². The largest absolute Gasteiger partial charge is 0.320 e. The molecule has 1 atom stereocenters. The first kappa shape index (κ1) is 12.8. The molecule has 100 valence electrons. The fourth-order valence-corrected chi connectivity index (χ4v) is 3.82. The van der Waals surface area contributed by atoms with E-state index in [1.807, 2.05) is 6.07 Å². The molecule has 1 aliphatic carbocycles. The van der Waals surface area contributed by atoms with Gasteiger partial charge in [-0.1, -0.05) is 24.1 Å². The molecule has 0 radical (unpaired) electrons. The maximum atomic E-state index is 13.2. The summed E-state index contributed by atoms with van der Waals surface area (Å²) >= 11 is 1.61. The van der Waals surface area contributed by atoms with Gasteiger partial charge in [0.25, 0.3) is 0 Å². The minimum atomic E-state index is -0.178. The smallest absolute Gasteiger partial charge is 0.124 e. The van der Waals surface area contributed by atoms with Crippen molar-refractivity contribution in [3.05, 3.63) is 46.6 Å². The van der Waals surface area contributed by atoms with Gasteiger partial charge in [-0.25, -0.2) is 4.39 Å². The average Bonchev–Trinajstić information content (AvgIpc) is 2.64. The van der Waals surface area contributed by atoms with E-state index in [0.717, 1.165) is 27.8 Å². The van der Waals surface area contributed by atoms with Gasteiger partial charge in [0.15, 0.2) is 0 Å². The van der Waals surface area contributed by atoms with Crippen LogP contribution in [0, 0.1) is 5.82 Å². The molecule has 0 amide bonds. The molecule has 1 nitrogen and oxygen atoms in total. The summed E-state index contributed by atoms with van der Waals surface area (Å²) in [5, 5.41) is 1.09. The van der Waals surface area contributed by atoms with Crippen LogP contribution in [0.1, 0.15) is 43.0 Å². The standard InChI is InChI=1S/C16H18FNS/c17-13-8-7-12-9-15(19-14(12)10-13)16(18)11-5-3-1-2-4-6-11/h5,7-10,16H,1-4,6,18H2. The summed E-state index contributed by atoms with van der Waals surface area (Å²) < 4.78 is 14.2. The third-order valence-electron chi connectivity index (χ3n) is 3.78. The molecule has 2 aromatic rings. The van der Waals surface area contributed by atoms with Gasteiger partial charge in [0.2, 0.25) is 0 Å². The minimum absolute atomic E-state index is 0.0152. The lowest BCUT2D eigenvalue weighted by Gasteiger charge is -2.13. The Kier molecular flexibility index (Phi) is 3.67. The molecule has 0 saturated heterocycles. The maximum Gasteiger partial charge on any atom is 0.124 e. The van der Waals surface area contributed by atoms with Crippen LogP contribution in [0.3, 0.4) is 0 Å². The Morgan fingerprint density at radius 3 is 2.95 bits per heavy atom. The Bertz CT molecular complexity index is 614. The van der Waals surface area contributed by atoms with Crippen LogP contribution in [-0.2, 0) is 0 Å². The number of benzene rings is 1. The van der Waals surface area contributed by atoms with Gasteiger partial charge in [-0.2, -0.15) is 0 Å². The lowest BCUT2D eigenvalue weighted by Crippen LogP contribution is -2.11. The SMILES string of the molecule is NC(C1=CCCCCC1)c1cc2ccc(F)cc2s1. The molecular weight excluding hydrogens is 257 g/mol. The fraction of sp³-hybridized carbons (Fsp3) is 0.375. The lowest BCUT2D eigenvalue weighted by atomic mass is 10.0. The van der Waals surface area contributed by atoms with Crippen molar-refractivity contribution in [2.24, 2.45) is 5.73 Å². The first-order valence-corrected chi connectivity index (χ1v) is 7.69. The molecular formula is C16H18FNS. The molecule has 0 spiro atoms. The summed E-state index contributed by atoms with van der Waals surface area (Å²) in [6, 6.07) is 7.03. The molecule has 0 saturated carbocycles. The summed E-state index contributed by atoms with van der Waals surface area (Å²) in [4.78, 5) is 1.15. The van der Waals surface area contributed by atoms with Crippen LogP contribution in [0.15, 0.2) is 35.9 Å². The van der Waals surface area contributed by atoms with Crippen LogP contribution < -0.4 is 5.73 Å². The number of rotatable bonds is 2. The topological polar surface area (TPSA) is 26.0 Å². The van der Waals surface area contributed by atoms with Crippen molar-refractivity contribution in [1.82, 2.24) is 0 Å². The number of allylic oxidation sites excluding steroid dienone is 1. The third-order valence-corrected chi connectivity index (χ3v) is 4.96. The quantitative estimate of drug-likeness (QED) is 0.773. The van der Waals surface area contributed by atoms with Crippen molar-refractivity contribution in [2.45, 2.75) is 38.1 Å². The predicted octanol–water partition coefficient (Wildman–Crippen LogP) is 4.93. The van der Waals surface area contributed by atoms with Gasteiger partial charge < -0.3 is 5.73 Å². The molecule has 0 fully saturated rings. The molecule has 3 heteroatoms. The second-order valence-electron chi connectivity index (χ2n) is 5.19. The number of halogens is 1. The van der Waals surface area contributed by atoms with E-state index < -0.39 is 0 Å². The van der Waals surface area contributed by atoms with E-state index in [4.69, 9.17) is 5.73 Å². The van der Waals surface area contributed by atoms with E-state index in [2.05, 4.69) is 12.1 Å². The van der Waals surface area contributed by atoms with Crippen molar-refractivity contribution in [3.63, 3.8) is 0 Å². The summed E-state index contributed by atoms with van der Waals surface area (Å²) in [7, 11) is 0. The van der Waals surface area contributed by atoms with Gasteiger partial charge in [0.05, 0.1) is 6.04 Å². The number of thiophene rings is 1. The molecule has 19 heavy (non-hydrogen) atoms. The van der Waals surface area contributed by atoms with E-state index in [0.29, 0.717) is 0 Å². The Morgan fingerprint density at radius 2 is 2.05 bits per heavy atom. The van der Waals surface area contributed by atoms with E-state index >= 15 is 0 Å². The molecule has 0 aliphatic heterocycles. The van der Waals surface area contributed by atoms with Gasteiger partial charge in [-0.3, -0.25) is 0 Å². The molecule has 1 aromatic heterocycles. The highest BCUT2D eigenvalue weighted by molar-refractivity contribution is 7.19. The van der Waals surface area contributed by atoms with Crippen LogP contribution in [0.2, 0.25) is 0 Å². The highest BCUT2D eigenvalue weighted by Gasteiger charge is 2.16. The summed E-state index contributed by atoms with van der Waals surface area (Å²) in [5.41, 5.74) is 7.74. The maximum absolute atomic E-state index is 13.2. The van der Waals surface area contributed by atoms with Crippen molar-refractivity contribution >= 4 is 21.4 Å². The zero-order chi connectivity index (χ0) is 13.2. The van der Waals surface area contributed by atoms with Crippen LogP contribution in [0.5, 0.6) is 0 Å². The van der Waals surface area contributed by atoms with Crippen molar-refractivity contribution < 1.29 is 4.39 Å². The first-order chi connectivity index (χ1) is 9.24. The lowest BCUT2D eigenvalue weighted by molar-refractivity contribution is 0.630. The molecule has 1 unspecified atom stereocenters. The molecule has 3 rings (SSSR count). The zero-order valence-corrected chi connectivity index (χ0v) is 11.7. The van der Waals surface area contributed by atoms with E-state index in [1.165, 1.54) is 30.9 Å². The van der Waals surface area contributed by atoms with Gasteiger partial charge in [-0.05, 0) is 49.3 Å². The molecule has 1 heterocycles. The summed E-state index contributed by atoms with van der Waals surface area (Å²) in [6.45, 7) is 0. The Balaban J connectivity index is 1.92. The fourth-order valence-electron chi connectivity index (χ4n) is 2.68. The summed E-state index contributed by atoms with van der Waals surface area (Å²) in [5.74, 6) is -0.178. The highest BCUT2D eigenvalue weighted by Crippen LogP contribution is 2.34. The number of hydrogen-bond acceptors (Lipinski definition) is 2. The molecule has 0 bridgehead atoms. The Labute approximate surface area is 116 Å². The normalized spacial score (nSPS) is 18.1. The molecule has 1 aliphatic rings. The van der Waals surface area contributed by atoms with E-state index in [9.17, 15) is 4.39 Å². The van der Waals surface area contributed by atoms with Crippen LogP contribution in [-0.4, -0.2) is 0 Å². The summed E-state index contributed by atoms with van der Waals surface area (Å²) in [6.07, 6.45) is 8.35. The zero-order valence-electron chi connectivity index (χ0n) is 10.9. The van der Waals surface area contributed by atoms with Gasteiger partial charge in [-0.15, -0.1) is 11.3 Å².